The number of esters is 1. The third-order valence-electron chi connectivity index (χ3n) is 3.61. The van der Waals surface area contributed by atoms with E-state index >= 15 is 0 Å². The second-order valence-corrected chi connectivity index (χ2v) is 4.66. The van der Waals surface area contributed by atoms with Gasteiger partial charge in [0, 0.05) is 12.6 Å². The number of rotatable bonds is 3. The van der Waals surface area contributed by atoms with Crippen LogP contribution in [0.15, 0.2) is 18.2 Å². The Morgan fingerprint density at radius 1 is 1.56 bits per heavy atom. The van der Waals surface area contributed by atoms with E-state index in [9.17, 15) is 4.79 Å². The van der Waals surface area contributed by atoms with Crippen molar-refractivity contribution in [3.63, 3.8) is 0 Å². The lowest BCUT2D eigenvalue weighted by molar-refractivity contribution is 0.0601. The molecule has 4 heteroatoms. The largest absolute Gasteiger partial charge is 0.465 e. The highest BCUT2D eigenvalue weighted by molar-refractivity contribution is 5.92. The molecular formula is C14H20N2O2. The molecule has 1 aliphatic heterocycles. The van der Waals surface area contributed by atoms with Crippen molar-refractivity contribution in [3.8, 4) is 0 Å². The predicted octanol–water partition coefficient (Wildman–Crippen LogP) is 2.43. The summed E-state index contributed by atoms with van der Waals surface area (Å²) in [4.78, 5) is 13.8. The smallest absolute Gasteiger partial charge is 0.337 e. The highest BCUT2D eigenvalue weighted by atomic mass is 16.5. The summed E-state index contributed by atoms with van der Waals surface area (Å²) in [6.45, 7) is 3.24. The minimum Gasteiger partial charge on any atom is -0.465 e. The molecule has 0 aromatic heterocycles. The number of nitrogens with two attached hydrogens (primary N) is 1. The molecule has 0 saturated carbocycles. The maximum Gasteiger partial charge on any atom is 0.337 e. The summed E-state index contributed by atoms with van der Waals surface area (Å²) in [6.07, 6.45) is 3.55. The van der Waals surface area contributed by atoms with Crippen LogP contribution in [-0.4, -0.2) is 25.7 Å². The lowest BCUT2D eigenvalue weighted by Gasteiger charge is -2.27. The van der Waals surface area contributed by atoms with Crippen LogP contribution < -0.4 is 10.6 Å². The molecule has 98 valence electrons. The summed E-state index contributed by atoms with van der Waals surface area (Å²) in [5, 5.41) is 0. The molecule has 0 amide bonds. The van der Waals surface area contributed by atoms with E-state index in [1.54, 1.807) is 12.1 Å². The molecule has 2 rings (SSSR count). The highest BCUT2D eigenvalue weighted by Crippen LogP contribution is 2.32. The van der Waals surface area contributed by atoms with Crippen LogP contribution in [0.5, 0.6) is 0 Å². The molecule has 0 radical (unpaired) electrons. The molecule has 2 N–H and O–H groups in total. The van der Waals surface area contributed by atoms with E-state index in [0.717, 1.165) is 18.7 Å². The second kappa shape index (κ2) is 5.29. The summed E-state index contributed by atoms with van der Waals surface area (Å²) in [7, 11) is 1.38. The molecule has 1 aromatic carbocycles. The summed E-state index contributed by atoms with van der Waals surface area (Å²) in [5.74, 6) is -0.346. The zero-order chi connectivity index (χ0) is 13.1. The number of nitrogens with zero attached hydrogens (tertiary/aromatic N) is 1. The summed E-state index contributed by atoms with van der Waals surface area (Å²) in [5.41, 5.74) is 8.25. The van der Waals surface area contributed by atoms with E-state index in [-0.39, 0.29) is 5.97 Å². The topological polar surface area (TPSA) is 55.6 Å². The van der Waals surface area contributed by atoms with Crippen molar-refractivity contribution in [2.75, 3.05) is 24.3 Å². The van der Waals surface area contributed by atoms with Crippen LogP contribution in [0.4, 0.5) is 11.4 Å². The Bertz CT molecular complexity index is 445. The third kappa shape index (κ3) is 2.28. The first-order valence-corrected chi connectivity index (χ1v) is 6.41. The first-order chi connectivity index (χ1) is 8.67. The summed E-state index contributed by atoms with van der Waals surface area (Å²) in [6, 6.07) is 5.97. The van der Waals surface area contributed by atoms with Gasteiger partial charge in [-0.25, -0.2) is 4.79 Å². The van der Waals surface area contributed by atoms with Gasteiger partial charge in [-0.2, -0.15) is 0 Å². The average molecular weight is 248 g/mol. The van der Waals surface area contributed by atoms with Crippen LogP contribution >= 0.6 is 0 Å². The van der Waals surface area contributed by atoms with Crippen molar-refractivity contribution in [1.29, 1.82) is 0 Å². The van der Waals surface area contributed by atoms with Crippen molar-refractivity contribution >= 4 is 17.3 Å². The van der Waals surface area contributed by atoms with Gasteiger partial charge in [-0.3, -0.25) is 0 Å². The Labute approximate surface area is 108 Å². The molecule has 0 bridgehead atoms. The normalized spacial score (nSPS) is 19.0. The third-order valence-corrected chi connectivity index (χ3v) is 3.61. The molecule has 0 spiro atoms. The van der Waals surface area contributed by atoms with Crippen LogP contribution in [0.25, 0.3) is 0 Å². The number of hydrogen-bond acceptors (Lipinski definition) is 4. The quantitative estimate of drug-likeness (QED) is 0.659. The van der Waals surface area contributed by atoms with Gasteiger partial charge in [-0.1, -0.05) is 6.92 Å². The first-order valence-electron chi connectivity index (χ1n) is 6.41. The molecule has 18 heavy (non-hydrogen) atoms. The van der Waals surface area contributed by atoms with Gasteiger partial charge in [0.25, 0.3) is 0 Å². The van der Waals surface area contributed by atoms with E-state index in [1.807, 2.05) is 6.07 Å². The Morgan fingerprint density at radius 2 is 2.33 bits per heavy atom. The Morgan fingerprint density at radius 3 is 2.94 bits per heavy atom. The van der Waals surface area contributed by atoms with Gasteiger partial charge in [0.2, 0.25) is 0 Å². The zero-order valence-electron chi connectivity index (χ0n) is 11.0. The summed E-state index contributed by atoms with van der Waals surface area (Å²) >= 11 is 0. The maximum atomic E-state index is 11.4. The van der Waals surface area contributed by atoms with E-state index in [1.165, 1.54) is 20.0 Å². The fourth-order valence-corrected chi connectivity index (χ4v) is 2.64. The number of carbonyl (C=O) groups is 1. The number of anilines is 2. The summed E-state index contributed by atoms with van der Waals surface area (Å²) < 4.78 is 4.69. The lowest BCUT2D eigenvalue weighted by atomic mass is 10.1. The van der Waals surface area contributed by atoms with Gasteiger partial charge >= 0.3 is 5.97 Å². The number of hydrogen-bond donors (Lipinski definition) is 1. The maximum absolute atomic E-state index is 11.4. The number of ether oxygens (including phenoxy) is 1. The van der Waals surface area contributed by atoms with Crippen molar-refractivity contribution in [2.45, 2.75) is 32.2 Å². The van der Waals surface area contributed by atoms with Crippen molar-refractivity contribution < 1.29 is 9.53 Å². The van der Waals surface area contributed by atoms with Gasteiger partial charge in [0.05, 0.1) is 24.0 Å². The molecule has 1 aromatic rings. The minimum atomic E-state index is -0.346. The van der Waals surface area contributed by atoms with Crippen LogP contribution in [-0.2, 0) is 4.74 Å². The molecule has 1 fully saturated rings. The SMILES string of the molecule is CCC1CCCN1c1ccc(C(=O)OC)cc1N. The first kappa shape index (κ1) is 12.7. The molecule has 1 atom stereocenters. The van der Waals surface area contributed by atoms with Crippen LogP contribution in [0, 0.1) is 0 Å². The van der Waals surface area contributed by atoms with Crippen molar-refractivity contribution in [1.82, 2.24) is 0 Å². The lowest BCUT2D eigenvalue weighted by Crippen LogP contribution is -2.29. The second-order valence-electron chi connectivity index (χ2n) is 4.66. The number of methoxy groups -OCH3 is 1. The minimum absolute atomic E-state index is 0.346. The molecular weight excluding hydrogens is 228 g/mol. The van der Waals surface area contributed by atoms with E-state index in [0.29, 0.717) is 17.3 Å². The monoisotopic (exact) mass is 248 g/mol. The van der Waals surface area contributed by atoms with Gasteiger partial charge in [0.15, 0.2) is 0 Å². The van der Waals surface area contributed by atoms with E-state index in [4.69, 9.17) is 10.5 Å². The van der Waals surface area contributed by atoms with E-state index in [2.05, 4.69) is 11.8 Å². The van der Waals surface area contributed by atoms with Crippen LogP contribution in [0.2, 0.25) is 0 Å². The fraction of sp³-hybridized carbons (Fsp3) is 0.500. The number of benzene rings is 1. The van der Waals surface area contributed by atoms with Crippen molar-refractivity contribution in [3.05, 3.63) is 23.8 Å². The molecule has 0 aliphatic carbocycles. The Kier molecular flexibility index (Phi) is 3.75. The average Bonchev–Trinajstić information content (AvgIpc) is 2.85. The molecule has 1 saturated heterocycles. The van der Waals surface area contributed by atoms with Crippen LogP contribution in [0.1, 0.15) is 36.5 Å². The van der Waals surface area contributed by atoms with Gasteiger partial charge < -0.3 is 15.4 Å². The standard InChI is InChI=1S/C14H20N2O2/c1-3-11-5-4-8-16(11)13-7-6-10(9-12(13)15)14(17)18-2/h6-7,9,11H,3-5,8,15H2,1-2H3. The van der Waals surface area contributed by atoms with Crippen molar-refractivity contribution in [2.24, 2.45) is 0 Å². The highest BCUT2D eigenvalue weighted by Gasteiger charge is 2.24. The molecule has 1 aliphatic rings. The Balaban J connectivity index is 2.27. The molecule has 4 nitrogen and oxygen atoms in total. The fourth-order valence-electron chi connectivity index (χ4n) is 2.64. The molecule has 1 unspecified atom stereocenters. The number of nitrogen functional groups attached to an aromatic ring is 1. The van der Waals surface area contributed by atoms with Gasteiger partial charge in [0.1, 0.15) is 0 Å². The Hall–Kier alpha value is -1.71. The predicted molar refractivity (Wildman–Crippen MR) is 72.9 cm³/mol. The zero-order valence-corrected chi connectivity index (χ0v) is 11.0. The van der Waals surface area contributed by atoms with Crippen LogP contribution in [0.3, 0.4) is 0 Å². The number of carbonyl (C=O) groups excluding carboxylic acids is 1. The molecule has 1 heterocycles. The van der Waals surface area contributed by atoms with Gasteiger partial charge in [-0.05, 0) is 37.5 Å². The van der Waals surface area contributed by atoms with Gasteiger partial charge in [-0.15, -0.1) is 0 Å². The van der Waals surface area contributed by atoms with E-state index < -0.39 is 0 Å².